The summed E-state index contributed by atoms with van der Waals surface area (Å²) in [6.07, 6.45) is 8.69. The fraction of sp³-hybridized carbons (Fsp3) is 0.333. The standard InChI is InChI=1S/C18H18ClN5O/c1-12-2-4-23(5-3-12)18(25)14-6-13-9-22-24(17(13)21-8-14)16-7-15(19)10-20-11-16/h6-12H,2-5H2,1H3. The molecule has 0 unspecified atom stereocenters. The summed E-state index contributed by atoms with van der Waals surface area (Å²) in [6, 6.07) is 3.63. The molecule has 1 saturated heterocycles. The Kier molecular flexibility index (Phi) is 4.13. The van der Waals surface area contributed by atoms with Gasteiger partial charge in [-0.25, -0.2) is 9.67 Å². The summed E-state index contributed by atoms with van der Waals surface area (Å²) >= 11 is 6.00. The molecule has 0 N–H and O–H groups in total. The molecule has 0 spiro atoms. The van der Waals surface area contributed by atoms with Crippen molar-refractivity contribution in [2.75, 3.05) is 13.1 Å². The first-order valence-electron chi connectivity index (χ1n) is 8.36. The van der Waals surface area contributed by atoms with Gasteiger partial charge in [-0.15, -0.1) is 0 Å². The Morgan fingerprint density at radius 3 is 2.72 bits per heavy atom. The third-order valence-corrected chi connectivity index (χ3v) is 4.87. The van der Waals surface area contributed by atoms with Gasteiger partial charge in [-0.2, -0.15) is 5.10 Å². The Hall–Kier alpha value is -2.47. The summed E-state index contributed by atoms with van der Waals surface area (Å²) in [6.45, 7) is 3.85. The lowest BCUT2D eigenvalue weighted by Crippen LogP contribution is -2.37. The highest BCUT2D eigenvalue weighted by molar-refractivity contribution is 6.30. The SMILES string of the molecule is CC1CCN(C(=O)c2cnc3c(cnn3-c3cncc(Cl)c3)c2)CC1. The molecule has 25 heavy (non-hydrogen) atoms. The molecule has 3 aromatic heterocycles. The highest BCUT2D eigenvalue weighted by Crippen LogP contribution is 2.21. The van der Waals surface area contributed by atoms with Gasteiger partial charge in [0.1, 0.15) is 0 Å². The van der Waals surface area contributed by atoms with Gasteiger partial charge >= 0.3 is 0 Å². The van der Waals surface area contributed by atoms with Crippen LogP contribution in [0, 0.1) is 5.92 Å². The van der Waals surface area contributed by atoms with E-state index >= 15 is 0 Å². The zero-order valence-corrected chi connectivity index (χ0v) is 14.6. The van der Waals surface area contributed by atoms with Crippen LogP contribution in [-0.4, -0.2) is 43.6 Å². The summed E-state index contributed by atoms with van der Waals surface area (Å²) < 4.78 is 1.67. The van der Waals surface area contributed by atoms with E-state index in [1.807, 2.05) is 11.0 Å². The number of likely N-dealkylation sites (tertiary alicyclic amines) is 1. The van der Waals surface area contributed by atoms with Crippen LogP contribution in [0.25, 0.3) is 16.7 Å². The molecule has 6 nitrogen and oxygen atoms in total. The van der Waals surface area contributed by atoms with Crippen LogP contribution < -0.4 is 0 Å². The molecule has 0 atom stereocenters. The first-order chi connectivity index (χ1) is 12.1. The average Bonchev–Trinajstić information content (AvgIpc) is 3.05. The van der Waals surface area contributed by atoms with E-state index in [-0.39, 0.29) is 5.91 Å². The number of aromatic nitrogens is 4. The molecule has 7 heteroatoms. The number of amides is 1. The smallest absolute Gasteiger partial charge is 0.255 e. The number of halogens is 1. The van der Waals surface area contributed by atoms with Crippen molar-refractivity contribution in [1.82, 2.24) is 24.6 Å². The van der Waals surface area contributed by atoms with E-state index in [2.05, 4.69) is 22.0 Å². The molecule has 1 aliphatic rings. The van der Waals surface area contributed by atoms with Crippen LogP contribution in [0.3, 0.4) is 0 Å². The second-order valence-electron chi connectivity index (χ2n) is 6.53. The first kappa shape index (κ1) is 16.0. The predicted molar refractivity (Wildman–Crippen MR) is 96.0 cm³/mol. The third-order valence-electron chi connectivity index (χ3n) is 4.66. The first-order valence-corrected chi connectivity index (χ1v) is 8.73. The Bertz CT molecular complexity index is 930. The van der Waals surface area contributed by atoms with Crippen molar-refractivity contribution >= 4 is 28.5 Å². The summed E-state index contributed by atoms with van der Waals surface area (Å²) in [4.78, 5) is 23.2. The molecular formula is C18H18ClN5O. The molecule has 0 saturated carbocycles. The van der Waals surface area contributed by atoms with Crippen LogP contribution >= 0.6 is 11.6 Å². The number of fused-ring (bicyclic) bond motifs is 1. The van der Waals surface area contributed by atoms with Gasteiger partial charge in [0.05, 0.1) is 28.7 Å². The zero-order valence-electron chi connectivity index (χ0n) is 13.9. The number of rotatable bonds is 2. The van der Waals surface area contributed by atoms with Gasteiger partial charge in [0.25, 0.3) is 5.91 Å². The number of hydrogen-bond acceptors (Lipinski definition) is 4. The van der Waals surface area contributed by atoms with E-state index in [9.17, 15) is 4.79 Å². The van der Waals surface area contributed by atoms with Crippen molar-refractivity contribution in [3.63, 3.8) is 0 Å². The highest BCUT2D eigenvalue weighted by atomic mass is 35.5. The number of nitrogens with zero attached hydrogens (tertiary/aromatic N) is 5. The second-order valence-corrected chi connectivity index (χ2v) is 6.97. The molecule has 1 aliphatic heterocycles. The zero-order chi connectivity index (χ0) is 17.4. The van der Waals surface area contributed by atoms with Gasteiger partial charge in [0, 0.05) is 30.9 Å². The summed E-state index contributed by atoms with van der Waals surface area (Å²) in [5.74, 6) is 0.729. The van der Waals surface area contributed by atoms with Gasteiger partial charge in [0.15, 0.2) is 5.65 Å². The van der Waals surface area contributed by atoms with Gasteiger partial charge < -0.3 is 4.90 Å². The number of piperidine rings is 1. The topological polar surface area (TPSA) is 63.9 Å². The fourth-order valence-corrected chi connectivity index (χ4v) is 3.31. The number of pyridine rings is 2. The van der Waals surface area contributed by atoms with E-state index in [4.69, 9.17) is 11.6 Å². The second kappa shape index (κ2) is 6.44. The van der Waals surface area contributed by atoms with E-state index in [1.54, 1.807) is 35.5 Å². The molecule has 4 heterocycles. The molecule has 128 valence electrons. The summed E-state index contributed by atoms with van der Waals surface area (Å²) in [7, 11) is 0. The molecular weight excluding hydrogens is 338 g/mol. The number of carbonyl (C=O) groups excluding carboxylic acids is 1. The average molecular weight is 356 g/mol. The molecule has 0 radical (unpaired) electrons. The molecule has 1 fully saturated rings. The van der Waals surface area contributed by atoms with E-state index in [0.717, 1.165) is 37.0 Å². The van der Waals surface area contributed by atoms with Crippen LogP contribution in [-0.2, 0) is 0 Å². The number of carbonyl (C=O) groups is 1. The van der Waals surface area contributed by atoms with Gasteiger partial charge in [-0.1, -0.05) is 18.5 Å². The molecule has 0 aliphatic carbocycles. The van der Waals surface area contributed by atoms with E-state index in [0.29, 0.717) is 22.2 Å². The minimum Gasteiger partial charge on any atom is -0.339 e. The molecule has 0 bridgehead atoms. The lowest BCUT2D eigenvalue weighted by Gasteiger charge is -2.30. The monoisotopic (exact) mass is 355 g/mol. The third kappa shape index (κ3) is 3.09. The minimum absolute atomic E-state index is 0.0403. The molecule has 4 rings (SSSR count). The van der Waals surface area contributed by atoms with Gasteiger partial charge in [0.2, 0.25) is 0 Å². The fourth-order valence-electron chi connectivity index (χ4n) is 3.14. The maximum Gasteiger partial charge on any atom is 0.255 e. The van der Waals surface area contributed by atoms with Crippen molar-refractivity contribution in [3.8, 4) is 5.69 Å². The van der Waals surface area contributed by atoms with Crippen molar-refractivity contribution in [1.29, 1.82) is 0 Å². The van der Waals surface area contributed by atoms with Crippen LogP contribution in [0.2, 0.25) is 5.02 Å². The Labute approximate surface area is 150 Å². The van der Waals surface area contributed by atoms with Crippen LogP contribution in [0.4, 0.5) is 0 Å². The van der Waals surface area contributed by atoms with Crippen LogP contribution in [0.1, 0.15) is 30.1 Å². The highest BCUT2D eigenvalue weighted by Gasteiger charge is 2.22. The number of hydrogen-bond donors (Lipinski definition) is 0. The normalized spacial score (nSPS) is 15.7. The van der Waals surface area contributed by atoms with Gasteiger partial charge in [-0.3, -0.25) is 9.78 Å². The van der Waals surface area contributed by atoms with Crippen LogP contribution in [0.5, 0.6) is 0 Å². The lowest BCUT2D eigenvalue weighted by atomic mass is 9.99. The van der Waals surface area contributed by atoms with Crippen molar-refractivity contribution in [2.24, 2.45) is 5.92 Å². The van der Waals surface area contributed by atoms with Crippen molar-refractivity contribution in [3.05, 3.63) is 47.5 Å². The van der Waals surface area contributed by atoms with Crippen molar-refractivity contribution in [2.45, 2.75) is 19.8 Å². The Morgan fingerprint density at radius 2 is 1.96 bits per heavy atom. The quantitative estimate of drug-likeness (QED) is 0.707. The lowest BCUT2D eigenvalue weighted by molar-refractivity contribution is 0.0697. The Balaban J connectivity index is 1.64. The van der Waals surface area contributed by atoms with Gasteiger partial charge in [-0.05, 0) is 30.9 Å². The molecule has 3 aromatic rings. The minimum atomic E-state index is 0.0403. The Morgan fingerprint density at radius 1 is 1.16 bits per heavy atom. The predicted octanol–water partition coefficient (Wildman–Crippen LogP) is 3.34. The molecule has 1 amide bonds. The maximum atomic E-state index is 12.7. The van der Waals surface area contributed by atoms with E-state index < -0.39 is 0 Å². The largest absolute Gasteiger partial charge is 0.339 e. The van der Waals surface area contributed by atoms with Crippen molar-refractivity contribution < 1.29 is 4.79 Å². The molecule has 0 aromatic carbocycles. The maximum absolute atomic E-state index is 12.7. The van der Waals surface area contributed by atoms with E-state index in [1.165, 1.54) is 0 Å². The summed E-state index contributed by atoms with van der Waals surface area (Å²) in [5.41, 5.74) is 2.01. The summed E-state index contributed by atoms with van der Waals surface area (Å²) in [5, 5.41) is 5.71. The van der Waals surface area contributed by atoms with Crippen LogP contribution in [0.15, 0.2) is 36.9 Å².